The van der Waals surface area contributed by atoms with Gasteiger partial charge in [0, 0.05) is 16.8 Å². The maximum absolute atomic E-state index is 9.09. The van der Waals surface area contributed by atoms with Gasteiger partial charge in [-0.3, -0.25) is 0 Å². The molecule has 1 aliphatic carbocycles. The predicted octanol–water partition coefficient (Wildman–Crippen LogP) is 3.77. The summed E-state index contributed by atoms with van der Waals surface area (Å²) >= 11 is 3.30. The Bertz CT molecular complexity index is 875. The van der Waals surface area contributed by atoms with Crippen LogP contribution in [0.5, 0.6) is 0 Å². The fraction of sp³-hybridized carbons (Fsp3) is 0.471. The molecule has 6 heteroatoms. The van der Waals surface area contributed by atoms with Gasteiger partial charge in [-0.15, -0.1) is 23.1 Å². The van der Waals surface area contributed by atoms with Gasteiger partial charge >= 0.3 is 0 Å². The SMILES string of the molecule is CCCc1nc2sc3c(SCCO)ncnc3c2c2c1CCC2. The molecule has 4 rings (SSSR count). The monoisotopic (exact) mass is 345 g/mol. The Morgan fingerprint density at radius 1 is 1.26 bits per heavy atom. The molecular weight excluding hydrogens is 326 g/mol. The average molecular weight is 345 g/mol. The highest BCUT2D eigenvalue weighted by Gasteiger charge is 2.23. The van der Waals surface area contributed by atoms with Crippen molar-refractivity contribution in [1.29, 1.82) is 0 Å². The number of rotatable bonds is 5. The molecule has 0 spiro atoms. The van der Waals surface area contributed by atoms with Crippen molar-refractivity contribution >= 4 is 43.5 Å². The van der Waals surface area contributed by atoms with Crippen molar-refractivity contribution in [2.24, 2.45) is 0 Å². The number of aliphatic hydroxyl groups is 1. The lowest BCUT2D eigenvalue weighted by atomic mass is 10.0. The number of thioether (sulfide) groups is 1. The molecule has 23 heavy (non-hydrogen) atoms. The first-order valence-electron chi connectivity index (χ1n) is 8.15. The molecular formula is C17H19N3OS2. The molecule has 1 aliphatic rings. The lowest BCUT2D eigenvalue weighted by molar-refractivity contribution is 0.322. The molecule has 3 heterocycles. The van der Waals surface area contributed by atoms with E-state index < -0.39 is 0 Å². The van der Waals surface area contributed by atoms with Gasteiger partial charge in [0.05, 0.1) is 16.8 Å². The number of hydrogen-bond acceptors (Lipinski definition) is 6. The Hall–Kier alpha value is -1.24. The van der Waals surface area contributed by atoms with Gasteiger partial charge in [0.15, 0.2) is 0 Å². The molecule has 0 fully saturated rings. The number of hydrogen-bond donors (Lipinski definition) is 1. The molecule has 0 aromatic carbocycles. The van der Waals surface area contributed by atoms with Crippen LogP contribution >= 0.6 is 23.1 Å². The second kappa shape index (κ2) is 6.34. The lowest BCUT2D eigenvalue weighted by Gasteiger charge is -2.08. The quantitative estimate of drug-likeness (QED) is 0.563. The fourth-order valence-electron chi connectivity index (χ4n) is 3.44. The van der Waals surface area contributed by atoms with E-state index in [4.69, 9.17) is 10.1 Å². The second-order valence-corrected chi connectivity index (χ2v) is 7.91. The first kappa shape index (κ1) is 15.3. The Kier molecular flexibility index (Phi) is 4.22. The van der Waals surface area contributed by atoms with Crippen LogP contribution in [0.3, 0.4) is 0 Å². The number of aryl methyl sites for hydroxylation is 2. The highest BCUT2D eigenvalue weighted by Crippen LogP contribution is 2.41. The van der Waals surface area contributed by atoms with Gasteiger partial charge in [0.2, 0.25) is 0 Å². The van der Waals surface area contributed by atoms with Gasteiger partial charge in [-0.05, 0) is 36.8 Å². The molecule has 3 aromatic heterocycles. The van der Waals surface area contributed by atoms with E-state index in [9.17, 15) is 0 Å². The van der Waals surface area contributed by atoms with Crippen molar-refractivity contribution in [2.75, 3.05) is 12.4 Å². The maximum Gasteiger partial charge on any atom is 0.126 e. The molecule has 4 nitrogen and oxygen atoms in total. The molecule has 0 amide bonds. The number of nitrogens with zero attached hydrogens (tertiary/aromatic N) is 3. The first-order chi connectivity index (χ1) is 11.3. The lowest BCUT2D eigenvalue weighted by Crippen LogP contribution is -1.98. The topological polar surface area (TPSA) is 58.9 Å². The Balaban J connectivity index is 1.98. The molecule has 3 aromatic rings. The smallest absolute Gasteiger partial charge is 0.126 e. The molecule has 0 saturated carbocycles. The van der Waals surface area contributed by atoms with Crippen LogP contribution in [0.15, 0.2) is 11.4 Å². The summed E-state index contributed by atoms with van der Waals surface area (Å²) < 4.78 is 1.12. The number of fused-ring (bicyclic) bond motifs is 5. The van der Waals surface area contributed by atoms with E-state index in [1.807, 2.05) is 0 Å². The highest BCUT2D eigenvalue weighted by molar-refractivity contribution is 7.99. The molecule has 0 atom stereocenters. The minimum absolute atomic E-state index is 0.162. The third kappa shape index (κ3) is 2.53. The van der Waals surface area contributed by atoms with E-state index in [2.05, 4.69) is 16.9 Å². The zero-order valence-electron chi connectivity index (χ0n) is 13.1. The third-order valence-corrected chi connectivity index (χ3v) is 6.52. The fourth-order valence-corrected chi connectivity index (χ4v) is 5.44. The molecule has 0 saturated heterocycles. The van der Waals surface area contributed by atoms with E-state index in [0.717, 1.165) is 45.8 Å². The van der Waals surface area contributed by atoms with Crippen molar-refractivity contribution in [3.8, 4) is 0 Å². The molecule has 1 N–H and O–H groups in total. The third-order valence-electron chi connectivity index (χ3n) is 4.34. The summed E-state index contributed by atoms with van der Waals surface area (Å²) in [4.78, 5) is 15.1. The van der Waals surface area contributed by atoms with Gasteiger partial charge in [0.25, 0.3) is 0 Å². The van der Waals surface area contributed by atoms with Crippen LogP contribution in [-0.4, -0.2) is 32.4 Å². The van der Waals surface area contributed by atoms with Gasteiger partial charge in [-0.2, -0.15) is 0 Å². The highest BCUT2D eigenvalue weighted by atomic mass is 32.2. The number of aliphatic hydroxyl groups excluding tert-OH is 1. The molecule has 0 aliphatic heterocycles. The van der Waals surface area contributed by atoms with Gasteiger partial charge in [-0.25, -0.2) is 15.0 Å². The number of aromatic nitrogens is 3. The normalized spacial score (nSPS) is 14.0. The van der Waals surface area contributed by atoms with E-state index in [0.29, 0.717) is 5.75 Å². The van der Waals surface area contributed by atoms with Gasteiger partial charge in [0.1, 0.15) is 16.2 Å². The van der Waals surface area contributed by atoms with Crippen LogP contribution in [0.25, 0.3) is 20.4 Å². The molecule has 0 unspecified atom stereocenters. The standard InChI is InChI=1S/C17H19N3OS2/c1-2-4-12-10-5-3-6-11(10)13-14-15(23-16(13)20-12)17(19-9-18-14)22-8-7-21/h9,21H,2-8H2,1H3. The number of thiophene rings is 1. The van der Waals surface area contributed by atoms with Crippen LogP contribution in [0.2, 0.25) is 0 Å². The zero-order valence-corrected chi connectivity index (χ0v) is 14.8. The van der Waals surface area contributed by atoms with Gasteiger partial charge in [-0.1, -0.05) is 13.3 Å². The Labute approximate surface area is 143 Å². The second-order valence-electron chi connectivity index (χ2n) is 5.83. The summed E-state index contributed by atoms with van der Waals surface area (Å²) in [6.07, 6.45) is 7.36. The summed E-state index contributed by atoms with van der Waals surface area (Å²) in [5, 5.41) is 11.3. The summed E-state index contributed by atoms with van der Waals surface area (Å²) in [6.45, 7) is 2.38. The number of pyridine rings is 1. The molecule has 0 bridgehead atoms. The largest absolute Gasteiger partial charge is 0.396 e. The van der Waals surface area contributed by atoms with Crippen LogP contribution in [0.4, 0.5) is 0 Å². The molecule has 0 radical (unpaired) electrons. The maximum atomic E-state index is 9.09. The van der Waals surface area contributed by atoms with Crippen molar-refractivity contribution in [1.82, 2.24) is 15.0 Å². The predicted molar refractivity (Wildman–Crippen MR) is 96.5 cm³/mol. The minimum Gasteiger partial charge on any atom is -0.396 e. The van der Waals surface area contributed by atoms with Crippen LogP contribution in [0, 0.1) is 0 Å². The molecule has 120 valence electrons. The van der Waals surface area contributed by atoms with E-state index in [1.54, 1.807) is 29.4 Å². The van der Waals surface area contributed by atoms with Crippen molar-refractivity contribution in [3.05, 3.63) is 23.1 Å². The van der Waals surface area contributed by atoms with Crippen molar-refractivity contribution in [2.45, 2.75) is 44.1 Å². The Morgan fingerprint density at radius 3 is 2.96 bits per heavy atom. The van der Waals surface area contributed by atoms with E-state index in [-0.39, 0.29) is 6.61 Å². The first-order valence-corrected chi connectivity index (χ1v) is 9.95. The zero-order chi connectivity index (χ0) is 15.8. The van der Waals surface area contributed by atoms with Crippen LogP contribution < -0.4 is 0 Å². The summed E-state index contributed by atoms with van der Waals surface area (Å²) in [7, 11) is 0. The van der Waals surface area contributed by atoms with Crippen LogP contribution in [-0.2, 0) is 19.3 Å². The van der Waals surface area contributed by atoms with E-state index >= 15 is 0 Å². The van der Waals surface area contributed by atoms with E-state index in [1.165, 1.54) is 28.6 Å². The average Bonchev–Trinajstić information content (AvgIpc) is 3.17. The van der Waals surface area contributed by atoms with Gasteiger partial charge < -0.3 is 5.11 Å². The Morgan fingerprint density at radius 2 is 2.13 bits per heavy atom. The summed E-state index contributed by atoms with van der Waals surface area (Å²) in [6, 6.07) is 0. The summed E-state index contributed by atoms with van der Waals surface area (Å²) in [5.74, 6) is 0.660. The summed E-state index contributed by atoms with van der Waals surface area (Å²) in [5.41, 5.74) is 5.29. The van der Waals surface area contributed by atoms with Crippen molar-refractivity contribution < 1.29 is 5.11 Å². The van der Waals surface area contributed by atoms with Crippen molar-refractivity contribution in [3.63, 3.8) is 0 Å². The van der Waals surface area contributed by atoms with Crippen LogP contribution in [0.1, 0.15) is 36.6 Å². The minimum atomic E-state index is 0.162.